The van der Waals surface area contributed by atoms with Crippen LogP contribution in [0, 0.1) is 0 Å². The molecule has 0 aromatic heterocycles. The van der Waals surface area contributed by atoms with Gasteiger partial charge in [-0.25, -0.2) is 4.79 Å². The summed E-state index contributed by atoms with van der Waals surface area (Å²) in [4.78, 5) is 23.4. The van der Waals surface area contributed by atoms with Crippen LogP contribution in [0.15, 0.2) is 48.5 Å². The molecule has 0 aliphatic heterocycles. The Kier molecular flexibility index (Phi) is 6.28. The van der Waals surface area contributed by atoms with E-state index < -0.39 is 17.9 Å². The molecule has 1 aliphatic carbocycles. The number of carboxylic acids is 1. The maximum Gasteiger partial charge on any atom is 0.337 e. The standard InChI is InChI=1S/C23H26O4/c1-27-23(26)20-9-7-16(8-10-20)15-21(22(24)25)19-13-11-18(12-14-19)17-5-3-2-4-6-17/h7-14,17,21H,2-6,15H2,1H3,(H,24,25). The third-order valence-electron chi connectivity index (χ3n) is 5.53. The molecule has 0 amide bonds. The Labute approximate surface area is 160 Å². The van der Waals surface area contributed by atoms with Crippen molar-refractivity contribution in [1.82, 2.24) is 0 Å². The van der Waals surface area contributed by atoms with Crippen LogP contribution < -0.4 is 0 Å². The van der Waals surface area contributed by atoms with Gasteiger partial charge in [0.1, 0.15) is 0 Å². The van der Waals surface area contributed by atoms with Gasteiger partial charge < -0.3 is 9.84 Å². The van der Waals surface area contributed by atoms with Crippen LogP contribution >= 0.6 is 0 Å². The van der Waals surface area contributed by atoms with Crippen molar-refractivity contribution >= 4 is 11.9 Å². The van der Waals surface area contributed by atoms with Gasteiger partial charge in [-0.15, -0.1) is 0 Å². The fourth-order valence-corrected chi connectivity index (χ4v) is 3.91. The van der Waals surface area contributed by atoms with Crippen LogP contribution in [0.5, 0.6) is 0 Å². The Bertz CT molecular complexity index is 771. The van der Waals surface area contributed by atoms with Crippen LogP contribution in [0.25, 0.3) is 0 Å². The van der Waals surface area contributed by atoms with Crippen molar-refractivity contribution in [3.05, 3.63) is 70.8 Å². The molecule has 0 saturated heterocycles. The van der Waals surface area contributed by atoms with E-state index in [1.165, 1.54) is 44.8 Å². The van der Waals surface area contributed by atoms with E-state index >= 15 is 0 Å². The Morgan fingerprint density at radius 1 is 1.00 bits per heavy atom. The van der Waals surface area contributed by atoms with Gasteiger partial charge in [0.15, 0.2) is 0 Å². The first-order valence-corrected chi connectivity index (χ1v) is 9.58. The zero-order chi connectivity index (χ0) is 19.2. The highest BCUT2D eigenvalue weighted by molar-refractivity contribution is 5.89. The number of aliphatic carboxylic acids is 1. The predicted molar refractivity (Wildman–Crippen MR) is 104 cm³/mol. The summed E-state index contributed by atoms with van der Waals surface area (Å²) in [5.74, 6) is -1.22. The van der Waals surface area contributed by atoms with Gasteiger partial charge >= 0.3 is 11.9 Å². The lowest BCUT2D eigenvalue weighted by atomic mass is 9.83. The molecule has 27 heavy (non-hydrogen) atoms. The average Bonchev–Trinajstić information content (AvgIpc) is 2.72. The van der Waals surface area contributed by atoms with E-state index in [1.54, 1.807) is 24.3 Å². The zero-order valence-electron chi connectivity index (χ0n) is 15.7. The lowest BCUT2D eigenvalue weighted by Gasteiger charge is -2.22. The molecule has 0 spiro atoms. The van der Waals surface area contributed by atoms with Gasteiger partial charge in [-0.3, -0.25) is 4.79 Å². The quantitative estimate of drug-likeness (QED) is 0.736. The zero-order valence-corrected chi connectivity index (χ0v) is 15.7. The van der Waals surface area contributed by atoms with E-state index in [2.05, 4.69) is 12.1 Å². The number of carbonyl (C=O) groups is 2. The summed E-state index contributed by atoms with van der Waals surface area (Å²) in [6.45, 7) is 0. The lowest BCUT2D eigenvalue weighted by Crippen LogP contribution is -2.15. The molecule has 1 unspecified atom stereocenters. The molecule has 1 atom stereocenters. The van der Waals surface area contributed by atoms with Crippen LogP contribution in [0.3, 0.4) is 0 Å². The van der Waals surface area contributed by atoms with E-state index in [9.17, 15) is 14.7 Å². The number of benzene rings is 2. The first-order chi connectivity index (χ1) is 13.1. The Hall–Kier alpha value is -2.62. The molecule has 4 heteroatoms. The summed E-state index contributed by atoms with van der Waals surface area (Å²) < 4.78 is 4.69. The largest absolute Gasteiger partial charge is 0.481 e. The van der Waals surface area contributed by atoms with Gasteiger partial charge in [0.2, 0.25) is 0 Å². The molecule has 1 saturated carbocycles. The minimum atomic E-state index is -0.836. The summed E-state index contributed by atoms with van der Waals surface area (Å²) in [6.07, 6.45) is 6.74. The Balaban J connectivity index is 1.73. The third-order valence-corrected chi connectivity index (χ3v) is 5.53. The molecular weight excluding hydrogens is 340 g/mol. The number of carboxylic acid groups (broad SMARTS) is 1. The van der Waals surface area contributed by atoms with Crippen LogP contribution in [0.1, 0.15) is 71.0 Å². The number of ether oxygens (including phenoxy) is 1. The molecule has 1 N–H and O–H groups in total. The fourth-order valence-electron chi connectivity index (χ4n) is 3.91. The van der Waals surface area contributed by atoms with Gasteiger partial charge in [0.25, 0.3) is 0 Å². The molecule has 2 aromatic rings. The van der Waals surface area contributed by atoms with Crippen molar-refractivity contribution in [3.8, 4) is 0 Å². The maximum atomic E-state index is 11.8. The van der Waals surface area contributed by atoms with Crippen LogP contribution in [-0.4, -0.2) is 24.2 Å². The van der Waals surface area contributed by atoms with Crippen LogP contribution in [-0.2, 0) is 16.0 Å². The summed E-state index contributed by atoms with van der Waals surface area (Å²) in [5, 5.41) is 9.71. The third kappa shape index (κ3) is 4.76. The van der Waals surface area contributed by atoms with E-state index in [4.69, 9.17) is 4.74 Å². The molecular formula is C23H26O4. The summed E-state index contributed by atoms with van der Waals surface area (Å²) in [5.41, 5.74) is 3.49. The maximum absolute atomic E-state index is 11.8. The Morgan fingerprint density at radius 2 is 1.63 bits per heavy atom. The molecule has 0 radical (unpaired) electrons. The number of hydrogen-bond acceptors (Lipinski definition) is 3. The van der Waals surface area contributed by atoms with Gasteiger partial charge in [0, 0.05) is 0 Å². The van der Waals surface area contributed by atoms with E-state index in [0.29, 0.717) is 17.9 Å². The predicted octanol–water partition coefficient (Wildman–Crippen LogP) is 4.93. The minimum absolute atomic E-state index is 0.388. The molecule has 0 heterocycles. The van der Waals surface area contributed by atoms with Crippen LogP contribution in [0.4, 0.5) is 0 Å². The number of carbonyl (C=O) groups excluding carboxylic acids is 1. The van der Waals surface area contributed by atoms with Gasteiger partial charge in [-0.2, -0.15) is 0 Å². The average molecular weight is 366 g/mol. The van der Waals surface area contributed by atoms with Crippen molar-refractivity contribution in [1.29, 1.82) is 0 Å². The highest BCUT2D eigenvalue weighted by Gasteiger charge is 2.22. The number of esters is 1. The first-order valence-electron chi connectivity index (χ1n) is 9.58. The van der Waals surface area contributed by atoms with Crippen molar-refractivity contribution in [2.75, 3.05) is 7.11 Å². The van der Waals surface area contributed by atoms with Gasteiger partial charge in [-0.1, -0.05) is 55.7 Å². The topological polar surface area (TPSA) is 63.6 Å². The SMILES string of the molecule is COC(=O)c1ccc(CC(C(=O)O)c2ccc(C3CCCCC3)cc2)cc1. The highest BCUT2D eigenvalue weighted by Crippen LogP contribution is 2.33. The molecule has 2 aromatic carbocycles. The normalized spacial score (nSPS) is 15.9. The van der Waals surface area contributed by atoms with Gasteiger partial charge in [-0.05, 0) is 54.0 Å². The second-order valence-corrected chi connectivity index (χ2v) is 7.29. The van der Waals surface area contributed by atoms with Crippen molar-refractivity contribution in [2.24, 2.45) is 0 Å². The summed E-state index contributed by atoms with van der Waals surface area (Å²) in [7, 11) is 1.34. The first kappa shape index (κ1) is 19.2. The van der Waals surface area contributed by atoms with E-state index in [1.807, 2.05) is 12.1 Å². The highest BCUT2D eigenvalue weighted by atomic mass is 16.5. The van der Waals surface area contributed by atoms with E-state index in [0.717, 1.165) is 11.1 Å². The fraction of sp³-hybridized carbons (Fsp3) is 0.391. The smallest absolute Gasteiger partial charge is 0.337 e. The molecule has 0 bridgehead atoms. The van der Waals surface area contributed by atoms with Crippen molar-refractivity contribution in [2.45, 2.75) is 50.4 Å². The summed E-state index contributed by atoms with van der Waals surface area (Å²) >= 11 is 0. The molecule has 4 nitrogen and oxygen atoms in total. The molecule has 1 aliphatic rings. The Morgan fingerprint density at radius 3 is 2.19 bits per heavy atom. The van der Waals surface area contributed by atoms with Crippen molar-refractivity contribution in [3.63, 3.8) is 0 Å². The van der Waals surface area contributed by atoms with Crippen molar-refractivity contribution < 1.29 is 19.4 Å². The second kappa shape index (κ2) is 8.85. The second-order valence-electron chi connectivity index (χ2n) is 7.29. The lowest BCUT2D eigenvalue weighted by molar-refractivity contribution is -0.138. The number of hydrogen-bond donors (Lipinski definition) is 1. The number of rotatable bonds is 6. The molecule has 142 valence electrons. The van der Waals surface area contributed by atoms with E-state index in [-0.39, 0.29) is 0 Å². The molecule has 3 rings (SSSR count). The van der Waals surface area contributed by atoms with Crippen LogP contribution in [0.2, 0.25) is 0 Å². The van der Waals surface area contributed by atoms with Gasteiger partial charge in [0.05, 0.1) is 18.6 Å². The monoisotopic (exact) mass is 366 g/mol. The number of methoxy groups -OCH3 is 1. The minimum Gasteiger partial charge on any atom is -0.481 e. The molecule has 1 fully saturated rings. The summed E-state index contributed by atoms with van der Waals surface area (Å²) in [6, 6.07) is 15.1.